The van der Waals surface area contributed by atoms with E-state index in [0.29, 0.717) is 6.54 Å². The lowest BCUT2D eigenvalue weighted by atomic mass is 9.88. The number of rotatable bonds is 4. The van der Waals surface area contributed by atoms with Gasteiger partial charge in [-0.05, 0) is 48.7 Å². The normalized spacial score (nSPS) is 25.2. The first-order valence-electron chi connectivity index (χ1n) is 9.23. The molecule has 2 aromatic rings. The van der Waals surface area contributed by atoms with Crippen LogP contribution in [0.5, 0.6) is 0 Å². The molecule has 0 radical (unpaired) electrons. The summed E-state index contributed by atoms with van der Waals surface area (Å²) in [6.45, 7) is 2.52. The van der Waals surface area contributed by atoms with Gasteiger partial charge in [0.1, 0.15) is 5.82 Å². The fourth-order valence-corrected chi connectivity index (χ4v) is 4.10. The van der Waals surface area contributed by atoms with Gasteiger partial charge in [-0.1, -0.05) is 36.4 Å². The summed E-state index contributed by atoms with van der Waals surface area (Å²) < 4.78 is 19.4. The van der Waals surface area contributed by atoms with Crippen molar-refractivity contribution in [3.8, 4) is 0 Å². The molecular formula is C21H25FN2O2. The smallest absolute Gasteiger partial charge is 0.217 e. The Morgan fingerprint density at radius 1 is 1.12 bits per heavy atom. The van der Waals surface area contributed by atoms with E-state index in [1.165, 1.54) is 17.7 Å². The zero-order valence-electron chi connectivity index (χ0n) is 15.0. The Morgan fingerprint density at radius 3 is 2.62 bits per heavy atom. The average molecular weight is 356 g/mol. The van der Waals surface area contributed by atoms with Gasteiger partial charge in [0.2, 0.25) is 6.41 Å². The Morgan fingerprint density at radius 2 is 1.88 bits per heavy atom. The van der Waals surface area contributed by atoms with Crippen LogP contribution in [0.15, 0.2) is 48.5 Å². The molecule has 0 aromatic heterocycles. The van der Waals surface area contributed by atoms with E-state index in [2.05, 4.69) is 24.1 Å². The second-order valence-corrected chi connectivity index (χ2v) is 7.28. The van der Waals surface area contributed by atoms with Crippen LogP contribution in [0.2, 0.25) is 0 Å². The van der Waals surface area contributed by atoms with Crippen LogP contribution in [0.25, 0.3) is 0 Å². The third kappa shape index (κ3) is 3.53. The van der Waals surface area contributed by atoms with Gasteiger partial charge in [-0.2, -0.15) is 0 Å². The van der Waals surface area contributed by atoms with Crippen molar-refractivity contribution in [2.45, 2.75) is 31.4 Å². The summed E-state index contributed by atoms with van der Waals surface area (Å²) in [6, 6.07) is 14.7. The quantitative estimate of drug-likeness (QED) is 0.855. The van der Waals surface area contributed by atoms with E-state index in [-0.39, 0.29) is 18.0 Å². The van der Waals surface area contributed by atoms with Crippen molar-refractivity contribution in [1.29, 1.82) is 0 Å². The first kappa shape index (κ1) is 17.6. The minimum absolute atomic E-state index is 0.0426. The molecule has 3 atom stereocenters. The van der Waals surface area contributed by atoms with Crippen molar-refractivity contribution in [2.75, 3.05) is 26.7 Å². The molecule has 0 bridgehead atoms. The molecule has 2 aromatic carbocycles. The van der Waals surface area contributed by atoms with E-state index in [1.54, 1.807) is 12.1 Å². The molecule has 5 heteroatoms. The highest BCUT2D eigenvalue weighted by Gasteiger charge is 2.35. The molecule has 4 nitrogen and oxygen atoms in total. The molecule has 138 valence electrons. The maximum Gasteiger partial charge on any atom is 0.217 e. The number of likely N-dealkylation sites (tertiary alicyclic amines) is 1. The Kier molecular flexibility index (Phi) is 5.05. The number of aliphatic hydroxyl groups is 1. The number of likely N-dealkylation sites (N-methyl/N-ethyl adjacent to an activating group) is 1. The van der Waals surface area contributed by atoms with Gasteiger partial charge in [0.15, 0.2) is 0 Å². The molecule has 0 saturated carbocycles. The molecule has 1 saturated heterocycles. The van der Waals surface area contributed by atoms with E-state index in [0.717, 1.165) is 37.1 Å². The summed E-state index contributed by atoms with van der Waals surface area (Å²) in [5, 5.41) is 10.8. The number of hydrogen-bond acceptors (Lipinski definition) is 4. The van der Waals surface area contributed by atoms with Gasteiger partial charge in [-0.15, -0.1) is 0 Å². The summed E-state index contributed by atoms with van der Waals surface area (Å²) in [4.78, 5) is 4.19. The number of fused-ring (bicyclic) bond motifs is 1. The molecule has 0 aliphatic carbocycles. The van der Waals surface area contributed by atoms with Crippen molar-refractivity contribution < 1.29 is 14.2 Å². The number of ether oxygens (including phenoxy) is 1. The maximum absolute atomic E-state index is 13.4. The molecule has 1 unspecified atom stereocenters. The lowest BCUT2D eigenvalue weighted by molar-refractivity contribution is -0.224. The Hall–Kier alpha value is -1.79. The van der Waals surface area contributed by atoms with Crippen LogP contribution in [0.4, 0.5) is 4.39 Å². The minimum atomic E-state index is -0.977. The van der Waals surface area contributed by atoms with E-state index >= 15 is 0 Å². The summed E-state index contributed by atoms with van der Waals surface area (Å²) in [7, 11) is 2.06. The van der Waals surface area contributed by atoms with Crippen molar-refractivity contribution in [2.24, 2.45) is 0 Å². The molecule has 1 N–H and O–H groups in total. The molecular weight excluding hydrogens is 331 g/mol. The molecule has 2 aliphatic heterocycles. The molecule has 0 spiro atoms. The summed E-state index contributed by atoms with van der Waals surface area (Å²) in [5.41, 5.74) is 3.38. The summed E-state index contributed by atoms with van der Waals surface area (Å²) in [6.07, 6.45) is 0.855. The molecule has 26 heavy (non-hydrogen) atoms. The summed E-state index contributed by atoms with van der Waals surface area (Å²) >= 11 is 0. The van der Waals surface area contributed by atoms with Gasteiger partial charge in [-0.25, -0.2) is 9.29 Å². The molecule has 4 rings (SSSR count). The SMILES string of the molecule is CN1CC[C@H](OC(O)N2CCc3ccccc3[C@@H]2c2ccc(F)cc2)C1. The Balaban J connectivity index is 1.63. The first-order chi connectivity index (χ1) is 12.6. The van der Waals surface area contributed by atoms with Crippen LogP contribution in [-0.4, -0.2) is 54.1 Å². The van der Waals surface area contributed by atoms with Crippen molar-refractivity contribution in [3.63, 3.8) is 0 Å². The van der Waals surface area contributed by atoms with Gasteiger partial charge >= 0.3 is 0 Å². The molecule has 0 amide bonds. The maximum atomic E-state index is 13.4. The minimum Gasteiger partial charge on any atom is -0.356 e. The molecule has 2 aliphatic rings. The van der Waals surface area contributed by atoms with Crippen LogP contribution in [0, 0.1) is 5.82 Å². The van der Waals surface area contributed by atoms with E-state index in [4.69, 9.17) is 4.74 Å². The highest BCUT2D eigenvalue weighted by atomic mass is 19.1. The second-order valence-electron chi connectivity index (χ2n) is 7.28. The van der Waals surface area contributed by atoms with Gasteiger partial charge < -0.3 is 14.7 Å². The standard InChI is InChI=1S/C21H25FN2O2/c1-23-12-11-18(14-23)26-21(25)24-13-10-15-4-2-3-5-19(15)20(24)16-6-8-17(22)9-7-16/h2-9,18,20-21,25H,10-14H2,1H3/t18-,20-,21?/m0/s1. The lowest BCUT2D eigenvalue weighted by Gasteiger charge is -2.40. The topological polar surface area (TPSA) is 35.9 Å². The zero-order valence-corrected chi connectivity index (χ0v) is 15.0. The van der Waals surface area contributed by atoms with Crippen LogP contribution in [0.3, 0.4) is 0 Å². The monoisotopic (exact) mass is 356 g/mol. The predicted molar refractivity (Wildman–Crippen MR) is 98.1 cm³/mol. The predicted octanol–water partition coefficient (Wildman–Crippen LogP) is 2.77. The van der Waals surface area contributed by atoms with Crippen LogP contribution in [0.1, 0.15) is 29.2 Å². The number of aliphatic hydroxyl groups excluding tert-OH is 1. The largest absolute Gasteiger partial charge is 0.356 e. The number of nitrogens with zero attached hydrogens (tertiary/aromatic N) is 2. The average Bonchev–Trinajstić information content (AvgIpc) is 3.06. The van der Waals surface area contributed by atoms with Crippen molar-refractivity contribution in [1.82, 2.24) is 9.80 Å². The highest BCUT2D eigenvalue weighted by molar-refractivity contribution is 5.39. The van der Waals surface area contributed by atoms with Gasteiger partial charge in [0, 0.05) is 19.6 Å². The van der Waals surface area contributed by atoms with E-state index in [9.17, 15) is 9.50 Å². The summed E-state index contributed by atoms with van der Waals surface area (Å²) in [5.74, 6) is -0.254. The Labute approximate surface area is 153 Å². The van der Waals surface area contributed by atoms with E-state index < -0.39 is 6.41 Å². The third-order valence-electron chi connectivity index (χ3n) is 5.45. The number of hydrogen-bond donors (Lipinski definition) is 1. The molecule has 2 heterocycles. The van der Waals surface area contributed by atoms with E-state index in [1.807, 2.05) is 17.0 Å². The first-order valence-corrected chi connectivity index (χ1v) is 9.23. The lowest BCUT2D eigenvalue weighted by Crippen LogP contribution is -2.46. The third-order valence-corrected chi connectivity index (χ3v) is 5.45. The van der Waals surface area contributed by atoms with Crippen LogP contribution < -0.4 is 0 Å². The zero-order chi connectivity index (χ0) is 18.1. The number of benzene rings is 2. The van der Waals surface area contributed by atoms with Crippen LogP contribution >= 0.6 is 0 Å². The molecule has 1 fully saturated rings. The second kappa shape index (κ2) is 7.45. The Bertz CT molecular complexity index is 752. The van der Waals surface area contributed by atoms with Crippen molar-refractivity contribution >= 4 is 0 Å². The fourth-order valence-electron chi connectivity index (χ4n) is 4.10. The fraction of sp³-hybridized carbons (Fsp3) is 0.429. The highest BCUT2D eigenvalue weighted by Crippen LogP contribution is 2.36. The van der Waals surface area contributed by atoms with Gasteiger partial charge in [0.05, 0.1) is 12.1 Å². The van der Waals surface area contributed by atoms with Gasteiger partial charge in [-0.3, -0.25) is 0 Å². The van der Waals surface area contributed by atoms with Crippen molar-refractivity contribution in [3.05, 3.63) is 71.0 Å². The van der Waals surface area contributed by atoms with Gasteiger partial charge in [0.25, 0.3) is 0 Å². The van der Waals surface area contributed by atoms with Crippen LogP contribution in [-0.2, 0) is 11.2 Å². The number of halogens is 1.